The predicted molar refractivity (Wildman–Crippen MR) is 78.8 cm³/mol. The molecule has 2 rings (SSSR count). The van der Waals surface area contributed by atoms with Gasteiger partial charge in [0.25, 0.3) is 0 Å². The standard InChI is InChI=1S/C14H18N2O2S/c1-17-12-4-3-10(7-13(12)18-2)8-16-9-14-11(15)5-6-19-14/h3-7,16H,8-9,15H2,1-2H3. The molecule has 0 bridgehead atoms. The average molecular weight is 278 g/mol. The lowest BCUT2D eigenvalue weighted by Gasteiger charge is -2.10. The number of nitrogens with two attached hydrogens (primary N) is 1. The molecule has 0 aliphatic heterocycles. The lowest BCUT2D eigenvalue weighted by molar-refractivity contribution is 0.354. The van der Waals surface area contributed by atoms with Crippen molar-refractivity contribution in [3.8, 4) is 11.5 Å². The van der Waals surface area contributed by atoms with Gasteiger partial charge in [0.1, 0.15) is 0 Å². The van der Waals surface area contributed by atoms with Crippen molar-refractivity contribution in [1.29, 1.82) is 0 Å². The Kier molecular flexibility index (Phi) is 4.65. The number of rotatable bonds is 6. The maximum absolute atomic E-state index is 5.84. The molecule has 0 unspecified atom stereocenters. The lowest BCUT2D eigenvalue weighted by Crippen LogP contribution is -2.12. The van der Waals surface area contributed by atoms with Gasteiger partial charge < -0.3 is 20.5 Å². The summed E-state index contributed by atoms with van der Waals surface area (Å²) >= 11 is 1.67. The van der Waals surface area contributed by atoms with E-state index in [4.69, 9.17) is 15.2 Å². The van der Waals surface area contributed by atoms with Crippen molar-refractivity contribution < 1.29 is 9.47 Å². The molecule has 0 atom stereocenters. The highest BCUT2D eigenvalue weighted by Gasteiger charge is 2.05. The molecule has 4 nitrogen and oxygen atoms in total. The molecular weight excluding hydrogens is 260 g/mol. The maximum Gasteiger partial charge on any atom is 0.161 e. The van der Waals surface area contributed by atoms with Crippen LogP contribution in [0.25, 0.3) is 0 Å². The monoisotopic (exact) mass is 278 g/mol. The third-order valence-electron chi connectivity index (χ3n) is 2.84. The molecule has 0 aliphatic rings. The number of methoxy groups -OCH3 is 2. The van der Waals surface area contributed by atoms with Crippen LogP contribution >= 0.6 is 11.3 Å². The summed E-state index contributed by atoms with van der Waals surface area (Å²) in [5.74, 6) is 1.49. The van der Waals surface area contributed by atoms with E-state index in [0.29, 0.717) is 0 Å². The normalized spacial score (nSPS) is 10.4. The molecule has 2 aromatic rings. The van der Waals surface area contributed by atoms with Crippen LogP contribution in [0.5, 0.6) is 11.5 Å². The number of hydrogen-bond donors (Lipinski definition) is 2. The third kappa shape index (κ3) is 3.39. The molecule has 1 aromatic heterocycles. The first-order valence-electron chi connectivity index (χ1n) is 5.98. The fraction of sp³-hybridized carbons (Fsp3) is 0.286. The van der Waals surface area contributed by atoms with Crippen LogP contribution < -0.4 is 20.5 Å². The van der Waals surface area contributed by atoms with Gasteiger partial charge in [-0.1, -0.05) is 6.07 Å². The number of thiophene rings is 1. The molecule has 0 amide bonds. The molecule has 19 heavy (non-hydrogen) atoms. The Balaban J connectivity index is 1.94. The fourth-order valence-corrected chi connectivity index (χ4v) is 2.57. The van der Waals surface area contributed by atoms with Crippen LogP contribution in [0.4, 0.5) is 5.69 Å². The number of benzene rings is 1. The van der Waals surface area contributed by atoms with Gasteiger partial charge in [-0.15, -0.1) is 11.3 Å². The van der Waals surface area contributed by atoms with Gasteiger partial charge in [-0.05, 0) is 29.1 Å². The second-order valence-electron chi connectivity index (χ2n) is 4.09. The lowest BCUT2D eigenvalue weighted by atomic mass is 10.2. The largest absolute Gasteiger partial charge is 0.493 e. The Hall–Kier alpha value is -1.72. The van der Waals surface area contributed by atoms with Crippen molar-refractivity contribution >= 4 is 17.0 Å². The number of nitrogen functional groups attached to an aromatic ring is 1. The summed E-state index contributed by atoms with van der Waals surface area (Å²) in [6.45, 7) is 1.54. The molecule has 5 heteroatoms. The van der Waals surface area contributed by atoms with Gasteiger partial charge >= 0.3 is 0 Å². The minimum absolute atomic E-state index is 0.744. The number of hydrogen-bond acceptors (Lipinski definition) is 5. The average Bonchev–Trinajstić information content (AvgIpc) is 2.84. The Morgan fingerprint density at radius 3 is 2.53 bits per heavy atom. The molecule has 0 radical (unpaired) electrons. The van der Waals surface area contributed by atoms with E-state index < -0.39 is 0 Å². The molecule has 0 fully saturated rings. The van der Waals surface area contributed by atoms with E-state index in [-0.39, 0.29) is 0 Å². The van der Waals surface area contributed by atoms with Gasteiger partial charge in [-0.3, -0.25) is 0 Å². The molecule has 1 heterocycles. The zero-order chi connectivity index (χ0) is 13.7. The van der Waals surface area contributed by atoms with E-state index in [1.807, 2.05) is 29.6 Å². The summed E-state index contributed by atoms with van der Waals surface area (Å²) in [6, 6.07) is 7.84. The van der Waals surface area contributed by atoms with Crippen LogP contribution in [0.3, 0.4) is 0 Å². The Morgan fingerprint density at radius 1 is 1.11 bits per heavy atom. The molecule has 102 valence electrons. The molecule has 0 spiro atoms. The summed E-state index contributed by atoms with van der Waals surface area (Å²) in [6.07, 6.45) is 0. The van der Waals surface area contributed by atoms with Gasteiger partial charge in [0.15, 0.2) is 11.5 Å². The first kappa shape index (κ1) is 13.7. The van der Waals surface area contributed by atoms with Crippen LogP contribution in [0, 0.1) is 0 Å². The van der Waals surface area contributed by atoms with Crippen molar-refractivity contribution in [3.63, 3.8) is 0 Å². The summed E-state index contributed by atoms with van der Waals surface area (Å²) < 4.78 is 10.5. The van der Waals surface area contributed by atoms with E-state index in [1.54, 1.807) is 25.6 Å². The number of anilines is 1. The first-order chi connectivity index (χ1) is 9.24. The minimum atomic E-state index is 0.744. The summed E-state index contributed by atoms with van der Waals surface area (Å²) in [5, 5.41) is 5.37. The zero-order valence-electron chi connectivity index (χ0n) is 11.1. The Labute approximate surface area is 117 Å². The van der Waals surface area contributed by atoms with Gasteiger partial charge in [0.05, 0.1) is 14.2 Å². The highest BCUT2D eigenvalue weighted by molar-refractivity contribution is 7.10. The van der Waals surface area contributed by atoms with Crippen molar-refractivity contribution in [2.45, 2.75) is 13.1 Å². The second-order valence-corrected chi connectivity index (χ2v) is 5.09. The van der Waals surface area contributed by atoms with E-state index in [0.717, 1.165) is 35.8 Å². The van der Waals surface area contributed by atoms with Crippen LogP contribution in [0.1, 0.15) is 10.4 Å². The summed E-state index contributed by atoms with van der Waals surface area (Å²) in [5.41, 5.74) is 7.84. The van der Waals surface area contributed by atoms with Gasteiger partial charge in [-0.25, -0.2) is 0 Å². The van der Waals surface area contributed by atoms with Crippen molar-refractivity contribution in [3.05, 3.63) is 40.1 Å². The minimum Gasteiger partial charge on any atom is -0.493 e. The van der Waals surface area contributed by atoms with Crippen molar-refractivity contribution in [2.24, 2.45) is 0 Å². The Bertz CT molecular complexity index is 540. The van der Waals surface area contributed by atoms with Gasteiger partial charge in [0.2, 0.25) is 0 Å². The predicted octanol–water partition coefficient (Wildman–Crippen LogP) is 2.64. The summed E-state index contributed by atoms with van der Waals surface area (Å²) in [4.78, 5) is 1.17. The van der Waals surface area contributed by atoms with E-state index in [2.05, 4.69) is 5.32 Å². The van der Waals surface area contributed by atoms with E-state index in [1.165, 1.54) is 4.88 Å². The SMILES string of the molecule is COc1ccc(CNCc2sccc2N)cc1OC. The van der Waals surface area contributed by atoms with Crippen LogP contribution in [-0.2, 0) is 13.1 Å². The topological polar surface area (TPSA) is 56.5 Å². The van der Waals surface area contributed by atoms with E-state index in [9.17, 15) is 0 Å². The molecule has 0 saturated carbocycles. The number of nitrogens with one attached hydrogen (secondary N) is 1. The van der Waals surface area contributed by atoms with Gasteiger partial charge in [0, 0.05) is 23.7 Å². The van der Waals surface area contributed by atoms with Crippen LogP contribution in [0.15, 0.2) is 29.6 Å². The van der Waals surface area contributed by atoms with Crippen LogP contribution in [-0.4, -0.2) is 14.2 Å². The first-order valence-corrected chi connectivity index (χ1v) is 6.86. The molecule has 1 aromatic carbocycles. The Morgan fingerprint density at radius 2 is 1.89 bits per heavy atom. The van der Waals surface area contributed by atoms with Crippen LogP contribution in [0.2, 0.25) is 0 Å². The van der Waals surface area contributed by atoms with Gasteiger partial charge in [-0.2, -0.15) is 0 Å². The quantitative estimate of drug-likeness (QED) is 0.853. The van der Waals surface area contributed by atoms with Crippen molar-refractivity contribution in [1.82, 2.24) is 5.32 Å². The number of ether oxygens (including phenoxy) is 2. The molecule has 3 N–H and O–H groups in total. The third-order valence-corrected chi connectivity index (χ3v) is 3.78. The van der Waals surface area contributed by atoms with E-state index >= 15 is 0 Å². The zero-order valence-corrected chi connectivity index (χ0v) is 11.9. The second kappa shape index (κ2) is 6.45. The highest BCUT2D eigenvalue weighted by atomic mass is 32.1. The molecule has 0 saturated heterocycles. The summed E-state index contributed by atoms with van der Waals surface area (Å²) in [7, 11) is 3.27. The smallest absolute Gasteiger partial charge is 0.161 e. The molecular formula is C14H18N2O2S. The van der Waals surface area contributed by atoms with Crippen molar-refractivity contribution in [2.75, 3.05) is 20.0 Å². The fourth-order valence-electron chi connectivity index (χ4n) is 1.81. The molecule has 0 aliphatic carbocycles. The maximum atomic E-state index is 5.84. The highest BCUT2D eigenvalue weighted by Crippen LogP contribution is 2.27.